The maximum absolute atomic E-state index is 5.91. The standard InChI is InChI=1S/C13H12Cl2N2O3/c14-8-12-16-11(17-20-12)7-13(18-5-6-19-13)9-1-3-10(15)4-2-9/h1-4H,5-8H2. The molecule has 0 unspecified atom stereocenters. The predicted molar refractivity (Wildman–Crippen MR) is 72.6 cm³/mol. The number of aromatic nitrogens is 2. The molecule has 0 amide bonds. The number of hydrogen-bond donors (Lipinski definition) is 0. The average molecular weight is 315 g/mol. The van der Waals surface area contributed by atoms with Crippen molar-refractivity contribution in [1.82, 2.24) is 10.1 Å². The normalized spacial score (nSPS) is 17.5. The van der Waals surface area contributed by atoms with Crippen LogP contribution in [0.3, 0.4) is 0 Å². The highest BCUT2D eigenvalue weighted by atomic mass is 35.5. The van der Waals surface area contributed by atoms with Gasteiger partial charge in [-0.1, -0.05) is 28.9 Å². The van der Waals surface area contributed by atoms with E-state index >= 15 is 0 Å². The van der Waals surface area contributed by atoms with Crippen LogP contribution in [0.1, 0.15) is 17.3 Å². The fourth-order valence-electron chi connectivity index (χ4n) is 2.15. The van der Waals surface area contributed by atoms with E-state index in [0.29, 0.717) is 36.4 Å². The Bertz CT molecular complexity index is 580. The van der Waals surface area contributed by atoms with Gasteiger partial charge in [-0.25, -0.2) is 0 Å². The van der Waals surface area contributed by atoms with Crippen molar-refractivity contribution in [3.8, 4) is 0 Å². The van der Waals surface area contributed by atoms with E-state index in [1.807, 2.05) is 12.1 Å². The van der Waals surface area contributed by atoms with Crippen molar-refractivity contribution >= 4 is 23.2 Å². The molecule has 1 fully saturated rings. The summed E-state index contributed by atoms with van der Waals surface area (Å²) < 4.78 is 16.6. The molecule has 7 heteroatoms. The minimum absolute atomic E-state index is 0.183. The smallest absolute Gasteiger partial charge is 0.241 e. The van der Waals surface area contributed by atoms with Gasteiger partial charge in [0, 0.05) is 10.6 Å². The maximum atomic E-state index is 5.91. The number of alkyl halides is 1. The summed E-state index contributed by atoms with van der Waals surface area (Å²) in [6.07, 6.45) is 0.356. The summed E-state index contributed by atoms with van der Waals surface area (Å²) in [5.74, 6) is 0.171. The van der Waals surface area contributed by atoms with Gasteiger partial charge in [0.05, 0.1) is 19.6 Å². The highest BCUT2D eigenvalue weighted by Gasteiger charge is 2.40. The Morgan fingerprint density at radius 3 is 2.45 bits per heavy atom. The minimum atomic E-state index is -0.891. The first-order chi connectivity index (χ1) is 9.72. The van der Waals surface area contributed by atoms with Crippen molar-refractivity contribution in [3.05, 3.63) is 46.6 Å². The fourth-order valence-corrected chi connectivity index (χ4v) is 2.39. The Labute approximate surface area is 125 Å². The molecule has 0 atom stereocenters. The molecule has 0 spiro atoms. The zero-order valence-electron chi connectivity index (χ0n) is 10.5. The molecule has 1 aromatic carbocycles. The van der Waals surface area contributed by atoms with Gasteiger partial charge >= 0.3 is 0 Å². The Hall–Kier alpha value is -1.14. The average Bonchev–Trinajstić information content (AvgIpc) is 3.10. The number of benzene rings is 1. The zero-order chi connectivity index (χ0) is 14.0. The van der Waals surface area contributed by atoms with Crippen molar-refractivity contribution in [2.75, 3.05) is 13.2 Å². The van der Waals surface area contributed by atoms with Crippen molar-refractivity contribution in [3.63, 3.8) is 0 Å². The number of hydrogen-bond acceptors (Lipinski definition) is 5. The topological polar surface area (TPSA) is 57.4 Å². The van der Waals surface area contributed by atoms with Gasteiger partial charge in [0.1, 0.15) is 5.88 Å². The van der Waals surface area contributed by atoms with Crippen molar-refractivity contribution in [1.29, 1.82) is 0 Å². The van der Waals surface area contributed by atoms with Crippen LogP contribution in [0.2, 0.25) is 5.02 Å². The lowest BCUT2D eigenvalue weighted by molar-refractivity contribution is -0.165. The molecule has 0 bridgehead atoms. The lowest BCUT2D eigenvalue weighted by Gasteiger charge is -2.26. The molecule has 2 aromatic rings. The molecule has 106 valence electrons. The highest BCUT2D eigenvalue weighted by Crippen LogP contribution is 2.35. The molecule has 1 saturated heterocycles. The molecule has 2 heterocycles. The third-order valence-corrected chi connectivity index (χ3v) is 3.53. The first kappa shape index (κ1) is 13.8. The molecule has 0 aliphatic carbocycles. The molecule has 1 aliphatic rings. The third kappa shape index (κ3) is 2.67. The van der Waals surface area contributed by atoms with Gasteiger partial charge in [0.25, 0.3) is 0 Å². The van der Waals surface area contributed by atoms with Crippen LogP contribution in [0.15, 0.2) is 28.8 Å². The molecule has 0 N–H and O–H groups in total. The molecule has 0 saturated carbocycles. The largest absolute Gasteiger partial charge is 0.343 e. The van der Waals surface area contributed by atoms with E-state index in [1.165, 1.54) is 0 Å². The van der Waals surface area contributed by atoms with Crippen LogP contribution in [0.25, 0.3) is 0 Å². The fraction of sp³-hybridized carbons (Fsp3) is 0.385. The Morgan fingerprint density at radius 2 is 1.85 bits per heavy atom. The second-order valence-corrected chi connectivity index (χ2v) is 5.08. The van der Waals surface area contributed by atoms with Crippen LogP contribution in [0.4, 0.5) is 0 Å². The van der Waals surface area contributed by atoms with Crippen LogP contribution in [0.5, 0.6) is 0 Å². The summed E-state index contributed by atoms with van der Waals surface area (Å²) in [6, 6.07) is 7.33. The predicted octanol–water partition coefficient (Wildman–Crippen LogP) is 2.90. The van der Waals surface area contributed by atoms with E-state index < -0.39 is 5.79 Å². The van der Waals surface area contributed by atoms with Gasteiger partial charge in [-0.3, -0.25) is 0 Å². The number of rotatable bonds is 4. The first-order valence-electron chi connectivity index (χ1n) is 6.13. The number of nitrogens with zero attached hydrogens (tertiary/aromatic N) is 2. The monoisotopic (exact) mass is 314 g/mol. The van der Waals surface area contributed by atoms with E-state index in [2.05, 4.69) is 10.1 Å². The molecule has 1 aliphatic heterocycles. The molecule has 20 heavy (non-hydrogen) atoms. The summed E-state index contributed by atoms with van der Waals surface area (Å²) >= 11 is 11.6. The van der Waals surface area contributed by atoms with E-state index in [9.17, 15) is 0 Å². The van der Waals surface area contributed by atoms with Crippen molar-refractivity contribution in [2.45, 2.75) is 18.1 Å². The van der Waals surface area contributed by atoms with Gasteiger partial charge in [-0.15, -0.1) is 11.6 Å². The van der Waals surface area contributed by atoms with Crippen molar-refractivity contribution in [2.24, 2.45) is 0 Å². The van der Waals surface area contributed by atoms with Gasteiger partial charge < -0.3 is 14.0 Å². The third-order valence-electron chi connectivity index (χ3n) is 3.05. The van der Waals surface area contributed by atoms with Gasteiger partial charge in [0.2, 0.25) is 11.7 Å². The highest BCUT2D eigenvalue weighted by molar-refractivity contribution is 6.30. The lowest BCUT2D eigenvalue weighted by Crippen LogP contribution is -2.30. The Morgan fingerprint density at radius 1 is 1.15 bits per heavy atom. The second kappa shape index (κ2) is 5.69. The molecule has 3 rings (SSSR count). The zero-order valence-corrected chi connectivity index (χ0v) is 12.0. The van der Waals surface area contributed by atoms with Crippen LogP contribution in [-0.4, -0.2) is 23.4 Å². The van der Waals surface area contributed by atoms with Crippen molar-refractivity contribution < 1.29 is 14.0 Å². The Kier molecular flexibility index (Phi) is 3.94. The lowest BCUT2D eigenvalue weighted by atomic mass is 10.0. The number of ether oxygens (including phenoxy) is 2. The van der Waals surface area contributed by atoms with E-state index in [1.54, 1.807) is 12.1 Å². The van der Waals surface area contributed by atoms with Gasteiger partial charge in [0.15, 0.2) is 5.82 Å². The molecule has 0 radical (unpaired) electrons. The van der Waals surface area contributed by atoms with Gasteiger partial charge in [-0.05, 0) is 12.1 Å². The summed E-state index contributed by atoms with van der Waals surface area (Å²) in [7, 11) is 0. The van der Waals surface area contributed by atoms with E-state index in [4.69, 9.17) is 37.2 Å². The molecule has 5 nitrogen and oxygen atoms in total. The molecular formula is C13H12Cl2N2O3. The summed E-state index contributed by atoms with van der Waals surface area (Å²) in [6.45, 7) is 1.03. The quantitative estimate of drug-likeness (QED) is 0.812. The van der Waals surface area contributed by atoms with E-state index in [-0.39, 0.29) is 5.88 Å². The molecule has 1 aromatic heterocycles. The number of halogens is 2. The minimum Gasteiger partial charge on any atom is -0.343 e. The van der Waals surface area contributed by atoms with Crippen LogP contribution < -0.4 is 0 Å². The van der Waals surface area contributed by atoms with E-state index in [0.717, 1.165) is 5.56 Å². The summed E-state index contributed by atoms with van der Waals surface area (Å²) in [5.41, 5.74) is 0.872. The summed E-state index contributed by atoms with van der Waals surface area (Å²) in [4.78, 5) is 4.18. The van der Waals surface area contributed by atoms with Crippen LogP contribution in [0, 0.1) is 0 Å². The SMILES string of the molecule is ClCc1nc(CC2(c3ccc(Cl)cc3)OCCO2)no1. The van der Waals surface area contributed by atoms with Gasteiger partial charge in [-0.2, -0.15) is 4.98 Å². The maximum Gasteiger partial charge on any atom is 0.241 e. The molecular weight excluding hydrogens is 303 g/mol. The second-order valence-electron chi connectivity index (χ2n) is 4.37. The van der Waals surface area contributed by atoms with Crippen LogP contribution >= 0.6 is 23.2 Å². The first-order valence-corrected chi connectivity index (χ1v) is 7.04. The van der Waals surface area contributed by atoms with Crippen LogP contribution in [-0.2, 0) is 27.6 Å². The summed E-state index contributed by atoms with van der Waals surface area (Å²) in [5, 5.41) is 4.54. The Balaban J connectivity index is 1.89.